The first-order valence-electron chi connectivity index (χ1n) is 7.58. The summed E-state index contributed by atoms with van der Waals surface area (Å²) in [6.45, 7) is 3.88. The summed E-state index contributed by atoms with van der Waals surface area (Å²) >= 11 is 12.2. The van der Waals surface area contributed by atoms with Gasteiger partial charge in [-0.25, -0.2) is 9.67 Å². The molecule has 0 saturated heterocycles. The number of nitrogens with zero attached hydrogens (tertiary/aromatic N) is 5. The van der Waals surface area contributed by atoms with Crippen molar-refractivity contribution in [3.05, 3.63) is 63.4 Å². The molecular weight excluding hydrogens is 361 g/mol. The van der Waals surface area contributed by atoms with Crippen molar-refractivity contribution in [3.63, 3.8) is 0 Å². The fourth-order valence-corrected chi connectivity index (χ4v) is 3.15. The highest BCUT2D eigenvalue weighted by molar-refractivity contribution is 6.35. The summed E-state index contributed by atoms with van der Waals surface area (Å²) in [5.41, 5.74) is 3.79. The lowest BCUT2D eigenvalue weighted by atomic mass is 10.0. The van der Waals surface area contributed by atoms with Gasteiger partial charge in [0.25, 0.3) is 0 Å². The molecule has 2 heterocycles. The quantitative estimate of drug-likeness (QED) is 0.752. The number of halogens is 2. The number of hydrogen-bond acceptors (Lipinski definition) is 4. The molecule has 0 aliphatic heterocycles. The number of aromatic nitrogens is 5. The van der Waals surface area contributed by atoms with Crippen LogP contribution in [0, 0.1) is 13.8 Å². The minimum Gasteiger partial charge on any atom is -0.382 e. The van der Waals surface area contributed by atoms with Crippen molar-refractivity contribution in [1.82, 2.24) is 24.5 Å². The van der Waals surface area contributed by atoms with Gasteiger partial charge < -0.3 is 5.11 Å². The minimum atomic E-state index is -1.01. The van der Waals surface area contributed by atoms with Crippen LogP contribution in [0.15, 0.2) is 30.9 Å². The average Bonchev–Trinajstić information content (AvgIpc) is 3.15. The Balaban J connectivity index is 2.14. The first-order chi connectivity index (χ1) is 11.9. The Labute approximate surface area is 155 Å². The lowest BCUT2D eigenvalue weighted by Gasteiger charge is -2.17. The molecule has 1 unspecified atom stereocenters. The Morgan fingerprint density at radius 2 is 2.04 bits per heavy atom. The predicted molar refractivity (Wildman–Crippen MR) is 98.3 cm³/mol. The first-order valence-corrected chi connectivity index (χ1v) is 8.34. The summed E-state index contributed by atoms with van der Waals surface area (Å²) in [6.07, 6.45) is 3.78. The molecular formula is C17H17Cl2N5O. The van der Waals surface area contributed by atoms with Crippen LogP contribution in [0.4, 0.5) is 0 Å². The summed E-state index contributed by atoms with van der Waals surface area (Å²) in [4.78, 5) is 3.97. The summed E-state index contributed by atoms with van der Waals surface area (Å²) in [6, 6.07) is 4.98. The molecule has 8 heteroatoms. The normalized spacial score (nSPS) is 13.3. The van der Waals surface area contributed by atoms with Gasteiger partial charge in [0.05, 0.1) is 11.4 Å². The maximum absolute atomic E-state index is 11.0. The Morgan fingerprint density at radius 3 is 2.60 bits per heavy atom. The molecule has 3 aromatic rings. The van der Waals surface area contributed by atoms with E-state index >= 15 is 0 Å². The van der Waals surface area contributed by atoms with Crippen molar-refractivity contribution < 1.29 is 5.11 Å². The van der Waals surface area contributed by atoms with Gasteiger partial charge in [-0.2, -0.15) is 10.2 Å². The van der Waals surface area contributed by atoms with E-state index < -0.39 is 6.10 Å². The van der Waals surface area contributed by atoms with Crippen LogP contribution in [0.3, 0.4) is 0 Å². The van der Waals surface area contributed by atoms with E-state index in [2.05, 4.69) is 15.2 Å². The molecule has 0 fully saturated rings. The number of rotatable bonds is 4. The second-order valence-electron chi connectivity index (χ2n) is 5.69. The molecule has 0 aliphatic carbocycles. The first kappa shape index (κ1) is 17.7. The molecule has 0 spiro atoms. The fourth-order valence-electron chi connectivity index (χ4n) is 2.64. The Bertz CT molecular complexity index is 931. The van der Waals surface area contributed by atoms with E-state index in [4.69, 9.17) is 23.2 Å². The predicted octanol–water partition coefficient (Wildman–Crippen LogP) is 3.67. The minimum absolute atomic E-state index is 0.380. The van der Waals surface area contributed by atoms with Gasteiger partial charge in [-0.3, -0.25) is 4.68 Å². The maximum atomic E-state index is 11.0. The molecule has 1 atom stereocenters. The van der Waals surface area contributed by atoms with Gasteiger partial charge in [0.2, 0.25) is 0 Å². The number of benzene rings is 1. The number of aliphatic hydroxyl groups excluding tert-OH is 1. The van der Waals surface area contributed by atoms with Gasteiger partial charge in [-0.1, -0.05) is 29.3 Å². The Morgan fingerprint density at radius 1 is 1.28 bits per heavy atom. The van der Waals surface area contributed by atoms with Crippen LogP contribution in [-0.4, -0.2) is 29.7 Å². The van der Waals surface area contributed by atoms with E-state index in [1.807, 2.05) is 27.0 Å². The second kappa shape index (κ2) is 7.00. The summed E-state index contributed by atoms with van der Waals surface area (Å²) in [5, 5.41) is 20.4. The van der Waals surface area contributed by atoms with Crippen LogP contribution < -0.4 is 0 Å². The molecule has 0 radical (unpaired) electrons. The third kappa shape index (κ3) is 3.46. The number of hydrogen-bond donors (Lipinski definition) is 1. The van der Waals surface area contributed by atoms with Gasteiger partial charge in [-0.05, 0) is 32.1 Å². The lowest BCUT2D eigenvalue weighted by Crippen LogP contribution is -2.09. The third-order valence-corrected chi connectivity index (χ3v) is 4.64. The molecule has 0 saturated carbocycles. The summed E-state index contributed by atoms with van der Waals surface area (Å²) in [5.74, 6) is 0. The molecule has 25 heavy (non-hydrogen) atoms. The maximum Gasteiger partial charge on any atom is 0.138 e. The van der Waals surface area contributed by atoms with Crippen molar-refractivity contribution in [3.8, 4) is 0 Å². The van der Waals surface area contributed by atoms with Crippen molar-refractivity contribution in [2.24, 2.45) is 7.05 Å². The van der Waals surface area contributed by atoms with Crippen LogP contribution in [0.1, 0.15) is 28.6 Å². The highest BCUT2D eigenvalue weighted by Crippen LogP contribution is 2.33. The number of aliphatic hydroxyl groups is 1. The molecule has 6 nitrogen and oxygen atoms in total. The number of aryl methyl sites for hydroxylation is 2. The zero-order valence-corrected chi connectivity index (χ0v) is 15.5. The monoisotopic (exact) mass is 377 g/mol. The average molecular weight is 378 g/mol. The SMILES string of the molecule is Cc1nn(C)c(C)c1C=C(C(O)c1ccc(Cl)cc1Cl)n1cncn1. The molecule has 1 N–H and O–H groups in total. The van der Waals surface area contributed by atoms with Crippen molar-refractivity contribution in [2.45, 2.75) is 20.0 Å². The summed E-state index contributed by atoms with van der Waals surface area (Å²) in [7, 11) is 1.88. The zero-order chi connectivity index (χ0) is 18.1. The Hall–Kier alpha value is -2.15. The highest BCUT2D eigenvalue weighted by atomic mass is 35.5. The van der Waals surface area contributed by atoms with Crippen LogP contribution in [0.25, 0.3) is 11.8 Å². The van der Waals surface area contributed by atoms with Crippen LogP contribution in [0.5, 0.6) is 0 Å². The van der Waals surface area contributed by atoms with Crippen molar-refractivity contribution in [2.75, 3.05) is 0 Å². The van der Waals surface area contributed by atoms with Gasteiger partial charge in [0, 0.05) is 33.9 Å². The third-order valence-electron chi connectivity index (χ3n) is 4.08. The zero-order valence-electron chi connectivity index (χ0n) is 14.0. The fraction of sp³-hybridized carbons (Fsp3) is 0.235. The highest BCUT2D eigenvalue weighted by Gasteiger charge is 2.21. The van der Waals surface area contributed by atoms with E-state index in [0.29, 0.717) is 21.3 Å². The van der Waals surface area contributed by atoms with E-state index in [1.54, 1.807) is 22.9 Å². The van der Waals surface area contributed by atoms with Crippen LogP contribution in [0.2, 0.25) is 10.0 Å². The molecule has 1 aromatic carbocycles. The largest absolute Gasteiger partial charge is 0.382 e. The van der Waals surface area contributed by atoms with Gasteiger partial charge in [-0.15, -0.1) is 0 Å². The van der Waals surface area contributed by atoms with Crippen molar-refractivity contribution >= 4 is 35.0 Å². The van der Waals surface area contributed by atoms with E-state index in [1.165, 1.54) is 17.3 Å². The van der Waals surface area contributed by atoms with Crippen LogP contribution in [-0.2, 0) is 7.05 Å². The summed E-state index contributed by atoms with van der Waals surface area (Å²) < 4.78 is 3.31. The van der Waals surface area contributed by atoms with Gasteiger partial charge >= 0.3 is 0 Å². The van der Waals surface area contributed by atoms with Gasteiger partial charge in [0.15, 0.2) is 0 Å². The molecule has 3 rings (SSSR count). The Kier molecular flexibility index (Phi) is 4.94. The van der Waals surface area contributed by atoms with E-state index in [9.17, 15) is 5.11 Å². The second-order valence-corrected chi connectivity index (χ2v) is 6.53. The standard InChI is InChI=1S/C17H17Cl2N5O/c1-10-14(11(2)23(3)22-10)7-16(24-9-20-8-21-24)17(25)13-5-4-12(18)6-15(13)19/h4-9,17,25H,1-3H3. The molecule has 130 valence electrons. The van der Waals surface area contributed by atoms with Crippen molar-refractivity contribution in [1.29, 1.82) is 0 Å². The lowest BCUT2D eigenvalue weighted by molar-refractivity contribution is 0.231. The molecule has 0 aliphatic rings. The van der Waals surface area contributed by atoms with Crippen LogP contribution >= 0.6 is 23.2 Å². The van der Waals surface area contributed by atoms with E-state index in [0.717, 1.165) is 17.0 Å². The molecule has 0 amide bonds. The smallest absolute Gasteiger partial charge is 0.138 e. The topological polar surface area (TPSA) is 68.8 Å². The van der Waals surface area contributed by atoms with Gasteiger partial charge in [0.1, 0.15) is 18.8 Å². The molecule has 2 aromatic heterocycles. The van der Waals surface area contributed by atoms with E-state index in [-0.39, 0.29) is 0 Å². The molecule has 0 bridgehead atoms.